The molecule has 0 spiro atoms. The van der Waals surface area contributed by atoms with Gasteiger partial charge in [-0.25, -0.2) is 4.79 Å². The molecule has 0 aromatic heterocycles. The number of amides is 2. The molecule has 1 atom stereocenters. The van der Waals surface area contributed by atoms with Crippen LogP contribution in [0, 0.1) is 0 Å². The first-order valence-corrected chi connectivity index (χ1v) is 24.0. The number of nitrogens with one attached hydrogen (secondary N) is 1. The zero-order chi connectivity index (χ0) is 47.0. The maximum atomic E-state index is 13.4. The molecule has 0 saturated heterocycles. The van der Waals surface area contributed by atoms with Crippen molar-refractivity contribution in [1.82, 2.24) is 10.2 Å². The summed E-state index contributed by atoms with van der Waals surface area (Å²) in [7, 11) is 0. The Morgan fingerprint density at radius 3 is 1.19 bits per heavy atom. The molecular formula is C46H86N2O16. The fourth-order valence-corrected chi connectivity index (χ4v) is 6.46. The Labute approximate surface area is 383 Å². The zero-order valence-electron chi connectivity index (χ0n) is 39.3. The van der Waals surface area contributed by atoms with Gasteiger partial charge < -0.3 is 63.4 Å². The van der Waals surface area contributed by atoms with E-state index in [0.717, 1.165) is 57.8 Å². The van der Waals surface area contributed by atoms with Crippen molar-refractivity contribution in [2.24, 2.45) is 0 Å². The predicted molar refractivity (Wildman–Crippen MR) is 241 cm³/mol. The molecule has 2 amide bonds. The van der Waals surface area contributed by atoms with E-state index < -0.39 is 23.9 Å². The van der Waals surface area contributed by atoms with Crippen LogP contribution in [0.2, 0.25) is 0 Å². The molecule has 0 radical (unpaired) electrons. The first-order chi connectivity index (χ1) is 31.2. The van der Waals surface area contributed by atoms with Crippen molar-refractivity contribution in [3.05, 3.63) is 0 Å². The van der Waals surface area contributed by atoms with Crippen molar-refractivity contribution in [1.29, 1.82) is 0 Å². The van der Waals surface area contributed by atoms with E-state index in [-0.39, 0.29) is 63.7 Å². The van der Waals surface area contributed by atoms with E-state index in [1.54, 1.807) is 0 Å². The maximum absolute atomic E-state index is 13.4. The number of carbonyl (C=O) groups is 5. The predicted octanol–water partition coefficient (Wildman–Crippen LogP) is 5.90. The van der Waals surface area contributed by atoms with Crippen molar-refractivity contribution < 1.29 is 77.2 Å². The van der Waals surface area contributed by atoms with Crippen molar-refractivity contribution in [3.63, 3.8) is 0 Å². The lowest BCUT2D eigenvalue weighted by Crippen LogP contribution is -2.46. The van der Waals surface area contributed by atoms with Gasteiger partial charge in [-0.3, -0.25) is 19.2 Å². The van der Waals surface area contributed by atoms with Crippen LogP contribution in [0.3, 0.4) is 0 Å². The van der Waals surface area contributed by atoms with Crippen LogP contribution in [-0.2, 0) is 61.9 Å². The third kappa shape index (κ3) is 44.2. The van der Waals surface area contributed by atoms with Crippen LogP contribution in [0.5, 0.6) is 0 Å². The normalized spacial score (nSPS) is 11.8. The Morgan fingerprint density at radius 2 is 0.781 bits per heavy atom. The first-order valence-electron chi connectivity index (χ1n) is 24.0. The average molecular weight is 923 g/mol. The monoisotopic (exact) mass is 923 g/mol. The van der Waals surface area contributed by atoms with Gasteiger partial charge in [-0.15, -0.1) is 0 Å². The number of carbonyl (C=O) groups excluding carboxylic acids is 2. The molecular weight excluding hydrogens is 837 g/mol. The summed E-state index contributed by atoms with van der Waals surface area (Å²) >= 11 is 0. The minimum Gasteiger partial charge on any atom is -0.481 e. The largest absolute Gasteiger partial charge is 0.481 e. The Morgan fingerprint density at radius 1 is 0.422 bits per heavy atom. The molecule has 0 aromatic rings. The number of rotatable bonds is 52. The number of nitrogens with zero attached hydrogens (tertiary/aromatic N) is 1. The van der Waals surface area contributed by atoms with Crippen molar-refractivity contribution >= 4 is 29.7 Å². The van der Waals surface area contributed by atoms with Crippen LogP contribution in [0.4, 0.5) is 0 Å². The highest BCUT2D eigenvalue weighted by Gasteiger charge is 2.29. The third-order valence-corrected chi connectivity index (χ3v) is 10.0. The van der Waals surface area contributed by atoms with E-state index in [1.165, 1.54) is 37.0 Å². The number of carboxylic acid groups (broad SMARTS) is 3. The van der Waals surface area contributed by atoms with Crippen LogP contribution in [0.1, 0.15) is 142 Å². The second kappa shape index (κ2) is 48.0. The van der Waals surface area contributed by atoms with Crippen molar-refractivity contribution in [2.45, 2.75) is 148 Å². The topological polar surface area (TPSA) is 235 Å². The van der Waals surface area contributed by atoms with Gasteiger partial charge in [-0.1, -0.05) is 90.4 Å². The SMILES string of the molecule is CCCCCCCCCCCN(C(=O)CCCCCCCCCC(=O)O)C(CCC(=O)NCCOCCOCCOCCOCCOCCOCCOCCOCCC(=O)O)C(=O)O. The lowest BCUT2D eigenvalue weighted by Gasteiger charge is -2.29. The van der Waals surface area contributed by atoms with Crippen molar-refractivity contribution in [3.8, 4) is 0 Å². The molecule has 0 aliphatic rings. The lowest BCUT2D eigenvalue weighted by atomic mass is 10.0. The van der Waals surface area contributed by atoms with Crippen LogP contribution >= 0.6 is 0 Å². The summed E-state index contributed by atoms with van der Waals surface area (Å²) in [4.78, 5) is 61.0. The van der Waals surface area contributed by atoms with E-state index in [0.29, 0.717) is 112 Å². The summed E-state index contributed by atoms with van der Waals surface area (Å²) in [6.07, 6.45) is 16.4. The molecule has 0 saturated carbocycles. The number of hydrogen-bond donors (Lipinski definition) is 4. The number of aliphatic carboxylic acids is 3. The molecule has 0 aromatic carbocycles. The molecule has 4 N–H and O–H groups in total. The Hall–Kier alpha value is -2.97. The molecule has 0 aliphatic carbocycles. The highest BCUT2D eigenvalue weighted by atomic mass is 16.6. The Kier molecular flexibility index (Phi) is 45.8. The van der Waals surface area contributed by atoms with E-state index in [2.05, 4.69) is 12.2 Å². The van der Waals surface area contributed by atoms with E-state index >= 15 is 0 Å². The molecule has 64 heavy (non-hydrogen) atoms. The van der Waals surface area contributed by atoms with Gasteiger partial charge in [0, 0.05) is 32.4 Å². The summed E-state index contributed by atoms with van der Waals surface area (Å²) in [6.45, 7) is 8.99. The van der Waals surface area contributed by atoms with E-state index in [4.69, 9.17) is 48.1 Å². The molecule has 18 nitrogen and oxygen atoms in total. The highest BCUT2D eigenvalue weighted by molar-refractivity contribution is 5.84. The van der Waals surface area contributed by atoms with Gasteiger partial charge in [-0.05, 0) is 25.7 Å². The van der Waals surface area contributed by atoms with Crippen LogP contribution in [0.25, 0.3) is 0 Å². The Bertz CT molecular complexity index is 1120. The van der Waals surface area contributed by atoms with Crippen LogP contribution in [-0.4, -0.2) is 175 Å². The van der Waals surface area contributed by atoms with Gasteiger partial charge in [0.2, 0.25) is 11.8 Å². The third-order valence-electron chi connectivity index (χ3n) is 10.0. The summed E-state index contributed by atoms with van der Waals surface area (Å²) in [5, 5.41) is 30.2. The van der Waals surface area contributed by atoms with Gasteiger partial charge >= 0.3 is 17.9 Å². The minimum absolute atomic E-state index is 0.0190. The summed E-state index contributed by atoms with van der Waals surface area (Å²) in [5.74, 6) is -3.23. The average Bonchev–Trinajstić information content (AvgIpc) is 3.26. The van der Waals surface area contributed by atoms with Gasteiger partial charge in [0.05, 0.1) is 112 Å². The molecule has 1 unspecified atom stereocenters. The molecule has 0 bridgehead atoms. The van der Waals surface area contributed by atoms with Crippen LogP contribution < -0.4 is 5.32 Å². The van der Waals surface area contributed by atoms with E-state index in [9.17, 15) is 29.1 Å². The molecule has 0 heterocycles. The fraction of sp³-hybridized carbons (Fsp3) is 0.891. The lowest BCUT2D eigenvalue weighted by molar-refractivity contribution is -0.151. The highest BCUT2D eigenvalue weighted by Crippen LogP contribution is 2.17. The van der Waals surface area contributed by atoms with Gasteiger partial charge in [0.1, 0.15) is 6.04 Å². The number of hydrogen-bond acceptors (Lipinski definition) is 13. The second-order valence-electron chi connectivity index (χ2n) is 15.6. The van der Waals surface area contributed by atoms with Gasteiger partial charge in [0.25, 0.3) is 0 Å². The molecule has 376 valence electrons. The maximum Gasteiger partial charge on any atom is 0.326 e. The second-order valence-corrected chi connectivity index (χ2v) is 15.6. The zero-order valence-corrected chi connectivity index (χ0v) is 39.3. The Balaban J connectivity index is 4.08. The number of unbranched alkanes of at least 4 members (excludes halogenated alkanes) is 14. The molecule has 0 fully saturated rings. The first kappa shape index (κ1) is 61.0. The quantitative estimate of drug-likeness (QED) is 0.0520. The van der Waals surface area contributed by atoms with Gasteiger partial charge in [0.15, 0.2) is 0 Å². The smallest absolute Gasteiger partial charge is 0.326 e. The standard InChI is InChI=1S/C46H86N2O16/c1-2-3-4-5-6-7-11-14-17-24-48(43(50)18-15-12-9-8-10-13-16-19-44(51)52)41(46(55)56)20-21-42(49)47-23-26-58-28-30-60-32-34-62-36-38-64-40-39-63-37-35-61-33-31-59-29-27-57-25-22-45(53)54/h41H,2-40H2,1H3,(H,47,49)(H,51,52)(H,53,54)(H,55,56). The fourth-order valence-electron chi connectivity index (χ4n) is 6.46. The number of carboxylic acids is 3. The summed E-state index contributed by atoms with van der Waals surface area (Å²) in [5.41, 5.74) is 0. The molecule has 0 rings (SSSR count). The van der Waals surface area contributed by atoms with Crippen molar-refractivity contribution in [2.75, 3.05) is 119 Å². The summed E-state index contributed by atoms with van der Waals surface area (Å²) < 4.78 is 43.3. The molecule has 0 aliphatic heterocycles. The summed E-state index contributed by atoms with van der Waals surface area (Å²) in [6, 6.07) is -1.07. The minimum atomic E-state index is -1.10. The number of ether oxygens (including phenoxy) is 8. The van der Waals surface area contributed by atoms with Gasteiger partial charge in [-0.2, -0.15) is 0 Å². The van der Waals surface area contributed by atoms with E-state index in [1.807, 2.05) is 0 Å². The molecule has 18 heteroatoms. The van der Waals surface area contributed by atoms with Crippen LogP contribution in [0.15, 0.2) is 0 Å².